The van der Waals surface area contributed by atoms with Crippen LogP contribution in [0.2, 0.25) is 0 Å². The molecule has 3 heterocycles. The largest absolute Gasteiger partial charge is 0.360 e. The summed E-state index contributed by atoms with van der Waals surface area (Å²) < 4.78 is 34.0. The molecule has 3 N–H and O–H groups in total. The lowest BCUT2D eigenvalue weighted by molar-refractivity contribution is -0.110. The van der Waals surface area contributed by atoms with E-state index in [9.17, 15) is 13.2 Å². The quantitative estimate of drug-likeness (QED) is 0.218. The van der Waals surface area contributed by atoms with E-state index >= 15 is 0 Å². The number of aryl methyl sites for hydroxylation is 2. The van der Waals surface area contributed by atoms with Crippen molar-refractivity contribution in [3.8, 4) is 0 Å². The number of hydrogen-bond donors (Lipinski definition) is 3. The molecule has 0 spiro atoms. The molecular weight excluding hydrogens is 550 g/mol. The third-order valence-corrected chi connectivity index (χ3v) is 9.27. The Balaban J connectivity index is 1.34. The Hall–Kier alpha value is -4.41. The molecule has 9 nitrogen and oxygen atoms in total. The highest BCUT2D eigenvalue weighted by Crippen LogP contribution is 2.39. The smallest absolute Gasteiger partial charge is 0.267 e. The van der Waals surface area contributed by atoms with E-state index in [1.54, 1.807) is 32.0 Å². The Morgan fingerprint density at radius 2 is 1.67 bits per heavy atom. The Morgan fingerprint density at radius 3 is 2.36 bits per heavy atom. The van der Waals surface area contributed by atoms with E-state index in [2.05, 4.69) is 37.5 Å². The van der Waals surface area contributed by atoms with Crippen LogP contribution in [0.5, 0.6) is 0 Å². The van der Waals surface area contributed by atoms with E-state index in [1.165, 1.54) is 24.8 Å². The molecule has 0 unspecified atom stereocenters. The zero-order valence-electron chi connectivity index (χ0n) is 23.6. The number of sulfonamides is 1. The number of carbonyl (C=O) groups is 1. The van der Waals surface area contributed by atoms with Crippen LogP contribution in [-0.2, 0) is 21.4 Å². The first-order valence-corrected chi connectivity index (χ1v) is 15.6. The van der Waals surface area contributed by atoms with Crippen molar-refractivity contribution in [2.24, 2.45) is 0 Å². The second kappa shape index (κ2) is 11.5. The summed E-state index contributed by atoms with van der Waals surface area (Å²) in [6, 6.07) is 22.9. The third kappa shape index (κ3) is 5.68. The first-order chi connectivity index (χ1) is 20.3. The highest BCUT2D eigenvalue weighted by Gasteiger charge is 2.30. The van der Waals surface area contributed by atoms with Gasteiger partial charge in [-0.3, -0.25) is 14.4 Å². The predicted molar refractivity (Wildman–Crippen MR) is 164 cm³/mol. The SMILES string of the molecule is Cc1noc(C)c1S(=O)(=O)Nc1ccc2c(c1)C(=C(Nc1ccc(CN3CCCCC3)cc1)c1ccccc1)C(=O)N2. The van der Waals surface area contributed by atoms with Crippen LogP contribution in [0.1, 0.15) is 47.4 Å². The number of nitrogens with zero attached hydrogens (tertiary/aromatic N) is 2. The van der Waals surface area contributed by atoms with Gasteiger partial charge in [-0.1, -0.05) is 54.0 Å². The molecule has 1 amide bonds. The minimum absolute atomic E-state index is 0.00309. The van der Waals surface area contributed by atoms with Crippen LogP contribution < -0.4 is 15.4 Å². The number of carbonyl (C=O) groups excluding carboxylic acids is 1. The third-order valence-electron chi connectivity index (χ3n) is 7.64. The standard InChI is InChI=1S/C32H33N5O4S/c1-21-31(22(2)41-35-21)42(39,40)36-26-15-16-28-27(19-26)29(32(38)34-28)30(24-9-5-3-6-10-24)33-25-13-11-23(12-14-25)20-37-17-7-4-8-18-37/h3,5-6,9-16,19,33,36H,4,7-8,17-18,20H2,1-2H3,(H,34,38). The van der Waals surface area contributed by atoms with E-state index < -0.39 is 10.0 Å². The van der Waals surface area contributed by atoms with Crippen molar-refractivity contribution in [1.29, 1.82) is 0 Å². The first kappa shape index (κ1) is 27.7. The van der Waals surface area contributed by atoms with Gasteiger partial charge in [0.1, 0.15) is 5.69 Å². The zero-order chi connectivity index (χ0) is 29.3. The fraction of sp³-hybridized carbons (Fsp3) is 0.250. The van der Waals surface area contributed by atoms with Gasteiger partial charge >= 0.3 is 0 Å². The Bertz CT molecular complexity index is 1740. The summed E-state index contributed by atoms with van der Waals surface area (Å²) >= 11 is 0. The van der Waals surface area contributed by atoms with Crippen LogP contribution in [0.15, 0.2) is 82.2 Å². The van der Waals surface area contributed by atoms with Gasteiger partial charge in [0.05, 0.1) is 11.3 Å². The van der Waals surface area contributed by atoms with E-state index in [4.69, 9.17) is 4.52 Å². The Labute approximate surface area is 245 Å². The molecule has 42 heavy (non-hydrogen) atoms. The zero-order valence-corrected chi connectivity index (χ0v) is 24.4. The van der Waals surface area contributed by atoms with Crippen molar-refractivity contribution in [2.75, 3.05) is 28.4 Å². The maximum Gasteiger partial charge on any atom is 0.267 e. The van der Waals surface area contributed by atoms with Gasteiger partial charge in [0, 0.05) is 29.2 Å². The van der Waals surface area contributed by atoms with Crippen molar-refractivity contribution < 1.29 is 17.7 Å². The van der Waals surface area contributed by atoms with Crippen molar-refractivity contribution >= 4 is 44.3 Å². The highest BCUT2D eigenvalue weighted by molar-refractivity contribution is 7.92. The molecule has 216 valence electrons. The van der Waals surface area contributed by atoms with Crippen LogP contribution in [0.25, 0.3) is 11.3 Å². The summed E-state index contributed by atoms with van der Waals surface area (Å²) in [6.07, 6.45) is 3.81. The summed E-state index contributed by atoms with van der Waals surface area (Å²) in [6.45, 7) is 6.33. The molecule has 0 bridgehead atoms. The number of fused-ring (bicyclic) bond motifs is 1. The lowest BCUT2D eigenvalue weighted by atomic mass is 9.99. The van der Waals surface area contributed by atoms with Gasteiger partial charge in [-0.25, -0.2) is 8.42 Å². The number of likely N-dealkylation sites (tertiary alicyclic amines) is 1. The highest BCUT2D eigenvalue weighted by atomic mass is 32.2. The molecule has 4 aromatic rings. The number of benzene rings is 3. The van der Waals surface area contributed by atoms with E-state index in [1.807, 2.05) is 42.5 Å². The Morgan fingerprint density at radius 1 is 0.952 bits per heavy atom. The summed E-state index contributed by atoms with van der Waals surface area (Å²) in [7, 11) is -3.96. The summed E-state index contributed by atoms with van der Waals surface area (Å²) in [5, 5.41) is 10.2. The molecule has 1 fully saturated rings. The van der Waals surface area contributed by atoms with E-state index in [0.717, 1.165) is 30.9 Å². The first-order valence-electron chi connectivity index (χ1n) is 14.1. The molecule has 0 aliphatic carbocycles. The van der Waals surface area contributed by atoms with Gasteiger partial charge in [-0.05, 0) is 81.2 Å². The molecule has 10 heteroatoms. The molecule has 2 aliphatic heterocycles. The lowest BCUT2D eigenvalue weighted by Gasteiger charge is -2.26. The number of amides is 1. The summed E-state index contributed by atoms with van der Waals surface area (Å²) in [5.74, 6) is -0.0695. The molecule has 1 aromatic heterocycles. The van der Waals surface area contributed by atoms with Gasteiger partial charge in [0.25, 0.3) is 15.9 Å². The van der Waals surface area contributed by atoms with Gasteiger partial charge in [-0.2, -0.15) is 0 Å². The lowest BCUT2D eigenvalue weighted by Crippen LogP contribution is -2.29. The molecule has 0 atom stereocenters. The van der Waals surface area contributed by atoms with Crippen molar-refractivity contribution in [1.82, 2.24) is 10.1 Å². The second-order valence-electron chi connectivity index (χ2n) is 10.7. The number of nitrogens with one attached hydrogen (secondary N) is 3. The molecular formula is C32H33N5O4S. The van der Waals surface area contributed by atoms with E-state index in [0.29, 0.717) is 28.2 Å². The number of aromatic nitrogens is 1. The molecule has 6 rings (SSSR count). The topological polar surface area (TPSA) is 117 Å². The molecule has 0 radical (unpaired) electrons. The van der Waals surface area contributed by atoms with Crippen LogP contribution in [0.4, 0.5) is 17.1 Å². The van der Waals surface area contributed by atoms with Crippen LogP contribution in [0, 0.1) is 13.8 Å². The van der Waals surface area contributed by atoms with Gasteiger partial charge < -0.3 is 15.2 Å². The minimum Gasteiger partial charge on any atom is -0.360 e. The number of piperidine rings is 1. The summed E-state index contributed by atoms with van der Waals surface area (Å²) in [4.78, 5) is 15.9. The second-order valence-corrected chi connectivity index (χ2v) is 12.4. The van der Waals surface area contributed by atoms with Crippen molar-refractivity contribution in [3.63, 3.8) is 0 Å². The average molecular weight is 584 g/mol. The molecule has 0 saturated carbocycles. The number of anilines is 3. The van der Waals surface area contributed by atoms with E-state index in [-0.39, 0.29) is 22.3 Å². The monoisotopic (exact) mass is 583 g/mol. The molecule has 1 saturated heterocycles. The average Bonchev–Trinajstić information content (AvgIpc) is 3.50. The van der Waals surface area contributed by atoms with Crippen molar-refractivity contribution in [3.05, 3.63) is 101 Å². The van der Waals surface area contributed by atoms with Crippen molar-refractivity contribution in [2.45, 2.75) is 44.6 Å². The summed E-state index contributed by atoms with van der Waals surface area (Å²) in [5.41, 5.74) is 5.75. The maximum absolute atomic E-state index is 13.4. The number of hydrogen-bond acceptors (Lipinski definition) is 7. The predicted octanol–water partition coefficient (Wildman–Crippen LogP) is 6.01. The van der Waals surface area contributed by atoms with Crippen LogP contribution in [0.3, 0.4) is 0 Å². The van der Waals surface area contributed by atoms with Gasteiger partial charge in [-0.15, -0.1) is 0 Å². The maximum atomic E-state index is 13.4. The molecule has 3 aromatic carbocycles. The van der Waals surface area contributed by atoms with Crippen LogP contribution in [-0.4, -0.2) is 37.5 Å². The van der Waals surface area contributed by atoms with Gasteiger partial charge in [0.15, 0.2) is 10.7 Å². The fourth-order valence-corrected chi connectivity index (χ4v) is 7.02. The van der Waals surface area contributed by atoms with Gasteiger partial charge in [0.2, 0.25) is 0 Å². The minimum atomic E-state index is -3.96. The molecule has 2 aliphatic rings. The number of rotatable bonds is 8. The fourth-order valence-electron chi connectivity index (χ4n) is 5.64. The Kier molecular flexibility index (Phi) is 7.57. The van der Waals surface area contributed by atoms with Crippen LogP contribution >= 0.6 is 0 Å². The normalized spacial score (nSPS) is 16.6.